The first kappa shape index (κ1) is 16.5. The molecule has 2 aromatic carbocycles. The van der Waals surface area contributed by atoms with Gasteiger partial charge in [-0.15, -0.1) is 0 Å². The minimum atomic E-state index is -4.69. The molecule has 24 heavy (non-hydrogen) atoms. The van der Waals surface area contributed by atoms with E-state index in [0.29, 0.717) is 5.52 Å². The number of alkyl halides is 3. The van der Waals surface area contributed by atoms with Crippen molar-refractivity contribution in [1.82, 2.24) is 9.55 Å². The third-order valence-corrected chi connectivity index (χ3v) is 4.27. The smallest absolute Gasteiger partial charge is 0.308 e. The molecule has 0 unspecified atom stereocenters. The summed E-state index contributed by atoms with van der Waals surface area (Å²) >= 11 is 0. The second-order valence-corrected chi connectivity index (χ2v) is 6.41. The Bertz CT molecular complexity index is 1010. The molecule has 0 radical (unpaired) electrons. The van der Waals surface area contributed by atoms with Gasteiger partial charge in [-0.2, -0.15) is 21.6 Å². The number of aromatic nitrogens is 2. The second kappa shape index (κ2) is 5.60. The highest BCUT2D eigenvalue weighted by molar-refractivity contribution is 7.85. The van der Waals surface area contributed by atoms with Crippen molar-refractivity contribution in [2.45, 2.75) is 17.9 Å². The lowest BCUT2D eigenvalue weighted by molar-refractivity contribution is -0.138. The Morgan fingerprint density at radius 2 is 1.67 bits per heavy atom. The zero-order chi connectivity index (χ0) is 17.5. The van der Waals surface area contributed by atoms with Gasteiger partial charge in [0, 0.05) is 0 Å². The quantitative estimate of drug-likeness (QED) is 0.731. The van der Waals surface area contributed by atoms with E-state index in [2.05, 4.69) is 4.98 Å². The van der Waals surface area contributed by atoms with E-state index in [0.717, 1.165) is 10.6 Å². The predicted molar refractivity (Wildman–Crippen MR) is 80.1 cm³/mol. The first-order valence-corrected chi connectivity index (χ1v) is 8.20. The molecular formula is C15H11F3N2O3S. The van der Waals surface area contributed by atoms with Crippen LogP contribution in [0.4, 0.5) is 13.2 Å². The fourth-order valence-electron chi connectivity index (χ4n) is 2.51. The minimum absolute atomic E-state index is 0.127. The van der Waals surface area contributed by atoms with E-state index in [1.807, 2.05) is 0 Å². The largest absolute Gasteiger partial charge is 0.416 e. The van der Waals surface area contributed by atoms with Crippen LogP contribution in [0.2, 0.25) is 0 Å². The molecule has 0 aliphatic carbocycles. The maximum atomic E-state index is 13.1. The summed E-state index contributed by atoms with van der Waals surface area (Å²) in [4.78, 5) is 3.82. The Balaban J connectivity index is 2.22. The number of benzene rings is 2. The highest BCUT2D eigenvalue weighted by atomic mass is 32.2. The molecule has 9 heteroatoms. The molecule has 0 amide bonds. The highest BCUT2D eigenvalue weighted by Gasteiger charge is 2.33. The number of fused-ring (bicyclic) bond motifs is 1. The first-order chi connectivity index (χ1) is 11.2. The molecule has 3 rings (SSSR count). The van der Waals surface area contributed by atoms with Crippen molar-refractivity contribution < 1.29 is 26.1 Å². The van der Waals surface area contributed by atoms with Gasteiger partial charge in [0.2, 0.25) is 0 Å². The average Bonchev–Trinajstić information content (AvgIpc) is 2.86. The number of para-hydroxylation sites is 2. The normalized spacial score (nSPS) is 12.7. The Morgan fingerprint density at radius 3 is 2.33 bits per heavy atom. The van der Waals surface area contributed by atoms with Crippen molar-refractivity contribution in [2.75, 3.05) is 0 Å². The van der Waals surface area contributed by atoms with Crippen LogP contribution in [-0.2, 0) is 22.8 Å². The van der Waals surface area contributed by atoms with Crippen molar-refractivity contribution in [3.05, 3.63) is 59.7 Å². The fourth-order valence-corrected chi connectivity index (χ4v) is 3.16. The predicted octanol–water partition coefficient (Wildman–Crippen LogP) is 3.35. The number of halogens is 3. The molecule has 0 fully saturated rings. The van der Waals surface area contributed by atoms with Gasteiger partial charge in [-0.1, -0.05) is 30.3 Å². The highest BCUT2D eigenvalue weighted by Crippen LogP contribution is 2.33. The van der Waals surface area contributed by atoms with Gasteiger partial charge in [0.15, 0.2) is 0 Å². The van der Waals surface area contributed by atoms with Gasteiger partial charge in [-0.3, -0.25) is 4.55 Å². The lowest BCUT2D eigenvalue weighted by Gasteiger charge is -2.14. The van der Waals surface area contributed by atoms with Gasteiger partial charge in [-0.25, -0.2) is 4.98 Å². The number of imidazole rings is 1. The lowest BCUT2D eigenvalue weighted by Crippen LogP contribution is -2.15. The van der Waals surface area contributed by atoms with E-state index in [1.54, 1.807) is 12.1 Å². The van der Waals surface area contributed by atoms with Crippen molar-refractivity contribution in [1.29, 1.82) is 0 Å². The van der Waals surface area contributed by atoms with Gasteiger partial charge in [0.1, 0.15) is 0 Å². The zero-order valence-electron chi connectivity index (χ0n) is 12.0. The molecule has 1 aromatic heterocycles. The molecular weight excluding hydrogens is 345 g/mol. The van der Waals surface area contributed by atoms with Crippen LogP contribution in [0.3, 0.4) is 0 Å². The van der Waals surface area contributed by atoms with Crippen LogP contribution in [0.15, 0.2) is 53.7 Å². The molecule has 5 nitrogen and oxygen atoms in total. The van der Waals surface area contributed by atoms with Crippen molar-refractivity contribution in [3.8, 4) is 0 Å². The summed E-state index contributed by atoms with van der Waals surface area (Å²) in [6.07, 6.45) is -4.58. The fraction of sp³-hybridized carbons (Fsp3) is 0.133. The number of rotatable bonds is 3. The van der Waals surface area contributed by atoms with Crippen LogP contribution < -0.4 is 0 Å². The summed E-state index contributed by atoms with van der Waals surface area (Å²) in [7, 11) is -4.69. The van der Waals surface area contributed by atoms with E-state index in [4.69, 9.17) is 0 Å². The Hall–Kier alpha value is -2.39. The van der Waals surface area contributed by atoms with E-state index in [9.17, 15) is 26.1 Å². The van der Waals surface area contributed by atoms with E-state index in [-0.39, 0.29) is 11.1 Å². The molecule has 1 heterocycles. The van der Waals surface area contributed by atoms with Gasteiger partial charge in [0.05, 0.1) is 23.1 Å². The van der Waals surface area contributed by atoms with E-state index >= 15 is 0 Å². The molecule has 0 saturated heterocycles. The Kier molecular flexibility index (Phi) is 3.84. The summed E-state index contributed by atoms with van der Waals surface area (Å²) in [5.74, 6) is 0. The standard InChI is InChI=1S/C15H11F3N2O3S/c16-15(17,18)11-6-2-1-5-10(11)9-20-13-8-4-3-7-12(13)19-14(20)24(21,22)23/h1-8H,9H2,(H,21,22,23). The SMILES string of the molecule is O=S(=O)(O)c1nc2ccccc2n1Cc1ccccc1C(F)(F)F. The lowest BCUT2D eigenvalue weighted by atomic mass is 10.1. The molecule has 0 atom stereocenters. The third-order valence-electron chi connectivity index (χ3n) is 3.50. The summed E-state index contributed by atoms with van der Waals surface area (Å²) in [6, 6.07) is 11.1. The van der Waals surface area contributed by atoms with Gasteiger partial charge in [0.25, 0.3) is 5.16 Å². The number of hydrogen-bond acceptors (Lipinski definition) is 3. The van der Waals surface area contributed by atoms with Crippen molar-refractivity contribution in [3.63, 3.8) is 0 Å². The van der Waals surface area contributed by atoms with E-state index in [1.165, 1.54) is 30.3 Å². The topological polar surface area (TPSA) is 72.2 Å². The van der Waals surface area contributed by atoms with Crippen LogP contribution >= 0.6 is 0 Å². The molecule has 3 aromatic rings. The average molecular weight is 356 g/mol. The van der Waals surface area contributed by atoms with Crippen LogP contribution in [-0.4, -0.2) is 22.5 Å². The molecule has 0 saturated carbocycles. The van der Waals surface area contributed by atoms with Crippen molar-refractivity contribution in [2.24, 2.45) is 0 Å². The van der Waals surface area contributed by atoms with Crippen molar-refractivity contribution >= 4 is 21.2 Å². The van der Waals surface area contributed by atoms with E-state index < -0.39 is 33.6 Å². The second-order valence-electron chi connectivity index (χ2n) is 5.10. The molecule has 0 bridgehead atoms. The third kappa shape index (κ3) is 3.00. The summed E-state index contributed by atoms with van der Waals surface area (Å²) < 4.78 is 72.9. The van der Waals surface area contributed by atoms with Crippen LogP contribution in [0.1, 0.15) is 11.1 Å². The first-order valence-electron chi connectivity index (χ1n) is 6.76. The maximum absolute atomic E-state index is 13.1. The minimum Gasteiger partial charge on any atom is -0.308 e. The summed E-state index contributed by atoms with van der Waals surface area (Å²) in [6.45, 7) is -0.397. The van der Waals surface area contributed by atoms with Gasteiger partial charge >= 0.3 is 16.3 Å². The number of hydrogen-bond donors (Lipinski definition) is 1. The van der Waals surface area contributed by atoms with Gasteiger partial charge < -0.3 is 4.57 Å². The Labute approximate surface area is 135 Å². The van der Waals surface area contributed by atoms with Crippen LogP contribution in [0, 0.1) is 0 Å². The molecule has 0 aliphatic heterocycles. The van der Waals surface area contributed by atoms with Gasteiger partial charge in [-0.05, 0) is 23.8 Å². The molecule has 0 aliphatic rings. The molecule has 1 N–H and O–H groups in total. The molecule has 0 spiro atoms. The van der Waals surface area contributed by atoms with Crippen LogP contribution in [0.25, 0.3) is 11.0 Å². The maximum Gasteiger partial charge on any atom is 0.416 e. The summed E-state index contributed by atoms with van der Waals surface area (Å²) in [5.41, 5.74) is -0.432. The molecule has 126 valence electrons. The van der Waals surface area contributed by atoms with Crippen LogP contribution in [0.5, 0.6) is 0 Å². The Morgan fingerprint density at radius 1 is 1.04 bits per heavy atom. The summed E-state index contributed by atoms with van der Waals surface area (Å²) in [5, 5.41) is -0.694. The number of nitrogens with zero attached hydrogens (tertiary/aromatic N) is 2. The monoisotopic (exact) mass is 356 g/mol. The zero-order valence-corrected chi connectivity index (χ0v) is 12.8.